The molecule has 0 aliphatic carbocycles. The molecule has 0 radical (unpaired) electrons. The van der Waals surface area contributed by atoms with E-state index < -0.39 is 10.0 Å². The topological polar surface area (TPSA) is 76.4 Å². The van der Waals surface area contributed by atoms with Crippen LogP contribution in [0, 0.1) is 0 Å². The number of ketones is 1. The van der Waals surface area contributed by atoms with Crippen molar-refractivity contribution >= 4 is 33.1 Å². The molecule has 0 saturated heterocycles. The van der Waals surface area contributed by atoms with Gasteiger partial charge in [0.1, 0.15) is 0 Å². The van der Waals surface area contributed by atoms with Gasteiger partial charge in [-0.2, -0.15) is 0 Å². The fraction of sp³-hybridized carbons (Fsp3) is 0.214. The minimum absolute atomic E-state index is 0.0541. The molecule has 0 fully saturated rings. The normalized spacial score (nSPS) is 11.3. The number of carbonyl (C=O) groups is 1. The Morgan fingerprint density at radius 1 is 1.19 bits per heavy atom. The van der Waals surface area contributed by atoms with Crippen LogP contribution in [0.15, 0.2) is 40.8 Å². The summed E-state index contributed by atoms with van der Waals surface area (Å²) in [4.78, 5) is 12.1. The number of nitrogens with one attached hydrogen (secondary N) is 1. The monoisotopic (exact) mass is 327 g/mol. The van der Waals surface area contributed by atoms with E-state index in [1.807, 2.05) is 0 Å². The van der Waals surface area contributed by atoms with Crippen molar-refractivity contribution in [3.63, 3.8) is 0 Å². The molecule has 1 heterocycles. The molecule has 0 bridgehead atoms. The Kier molecular flexibility index (Phi) is 4.69. The number of anilines is 1. The van der Waals surface area contributed by atoms with Crippen molar-refractivity contribution in [3.8, 4) is 0 Å². The van der Waals surface area contributed by atoms with E-state index in [0.717, 1.165) is 0 Å². The Hall–Kier alpha value is -1.79. The summed E-state index contributed by atoms with van der Waals surface area (Å²) in [6.07, 6.45) is 0.533. The Balaban J connectivity index is 2.14. The van der Waals surface area contributed by atoms with Crippen molar-refractivity contribution in [2.75, 3.05) is 10.5 Å². The predicted octanol–water partition coefficient (Wildman–Crippen LogP) is 3.32. The minimum atomic E-state index is -3.34. The fourth-order valence-electron chi connectivity index (χ4n) is 1.77. The molecule has 7 heteroatoms. The summed E-state index contributed by atoms with van der Waals surface area (Å²) in [7, 11) is -3.34. The van der Waals surface area contributed by atoms with Gasteiger partial charge in [0.25, 0.3) is 0 Å². The Morgan fingerprint density at radius 2 is 1.86 bits per heavy atom. The van der Waals surface area contributed by atoms with E-state index in [0.29, 0.717) is 17.7 Å². The smallest absolute Gasteiger partial charge is 0.232 e. The van der Waals surface area contributed by atoms with Crippen LogP contribution in [-0.2, 0) is 10.0 Å². The maximum Gasteiger partial charge on any atom is 0.232 e. The first-order chi connectivity index (χ1) is 9.91. The maximum absolute atomic E-state index is 12.1. The van der Waals surface area contributed by atoms with Crippen LogP contribution in [0.4, 0.5) is 5.69 Å². The highest BCUT2D eigenvalue weighted by atomic mass is 35.5. The first-order valence-electron chi connectivity index (χ1n) is 6.32. The SMILES string of the molecule is CCCS(=O)(=O)Nc1ccc(C(=O)c2ccc(Cl)o2)cc1. The predicted molar refractivity (Wildman–Crippen MR) is 81.3 cm³/mol. The van der Waals surface area contributed by atoms with Gasteiger partial charge in [0.2, 0.25) is 15.8 Å². The first-order valence-corrected chi connectivity index (χ1v) is 8.35. The van der Waals surface area contributed by atoms with Gasteiger partial charge in [-0.3, -0.25) is 9.52 Å². The Labute approximate surface area is 128 Å². The van der Waals surface area contributed by atoms with Crippen molar-refractivity contribution < 1.29 is 17.6 Å². The van der Waals surface area contributed by atoms with E-state index in [4.69, 9.17) is 16.0 Å². The molecule has 1 N–H and O–H groups in total. The van der Waals surface area contributed by atoms with Crippen LogP contribution in [0.25, 0.3) is 0 Å². The number of hydrogen-bond donors (Lipinski definition) is 1. The molecule has 0 unspecified atom stereocenters. The molecule has 112 valence electrons. The lowest BCUT2D eigenvalue weighted by molar-refractivity contribution is 0.101. The molecule has 0 spiro atoms. The molecule has 0 amide bonds. The summed E-state index contributed by atoms with van der Waals surface area (Å²) in [6, 6.07) is 9.10. The van der Waals surface area contributed by atoms with E-state index in [-0.39, 0.29) is 22.5 Å². The standard InChI is InChI=1S/C14H14ClNO4S/c1-2-9-21(18,19)16-11-5-3-10(4-6-11)14(17)12-7-8-13(15)20-12/h3-8,16H,2,9H2,1H3. The second kappa shape index (κ2) is 6.32. The third kappa shape index (κ3) is 4.09. The average Bonchev–Trinajstić information content (AvgIpc) is 2.85. The van der Waals surface area contributed by atoms with Gasteiger partial charge in [-0.05, 0) is 54.4 Å². The van der Waals surface area contributed by atoms with Crippen LogP contribution in [0.2, 0.25) is 5.22 Å². The molecule has 1 aromatic heterocycles. The van der Waals surface area contributed by atoms with Gasteiger partial charge < -0.3 is 4.42 Å². The van der Waals surface area contributed by atoms with E-state index in [2.05, 4.69) is 4.72 Å². The third-order valence-corrected chi connectivity index (χ3v) is 4.39. The largest absolute Gasteiger partial charge is 0.441 e. The zero-order chi connectivity index (χ0) is 15.5. The van der Waals surface area contributed by atoms with E-state index in [9.17, 15) is 13.2 Å². The van der Waals surface area contributed by atoms with Crippen LogP contribution in [0.3, 0.4) is 0 Å². The van der Waals surface area contributed by atoms with Crippen molar-refractivity contribution in [1.29, 1.82) is 0 Å². The van der Waals surface area contributed by atoms with E-state index >= 15 is 0 Å². The summed E-state index contributed by atoms with van der Waals surface area (Å²) in [6.45, 7) is 1.79. The number of hydrogen-bond acceptors (Lipinski definition) is 4. The minimum Gasteiger partial charge on any atom is -0.441 e. The Morgan fingerprint density at radius 3 is 2.38 bits per heavy atom. The molecular weight excluding hydrogens is 314 g/mol. The average molecular weight is 328 g/mol. The highest BCUT2D eigenvalue weighted by Crippen LogP contribution is 2.18. The number of sulfonamides is 1. The molecule has 21 heavy (non-hydrogen) atoms. The van der Waals surface area contributed by atoms with E-state index in [1.54, 1.807) is 6.92 Å². The zero-order valence-electron chi connectivity index (χ0n) is 11.3. The van der Waals surface area contributed by atoms with Crippen LogP contribution in [0.5, 0.6) is 0 Å². The second-order valence-electron chi connectivity index (χ2n) is 4.43. The van der Waals surface area contributed by atoms with Crippen LogP contribution < -0.4 is 4.72 Å². The number of halogens is 1. The lowest BCUT2D eigenvalue weighted by Crippen LogP contribution is -2.16. The van der Waals surface area contributed by atoms with Gasteiger partial charge in [-0.1, -0.05) is 6.92 Å². The molecule has 0 saturated carbocycles. The number of benzene rings is 1. The van der Waals surface area contributed by atoms with Gasteiger partial charge in [0.15, 0.2) is 11.0 Å². The van der Waals surface area contributed by atoms with Gasteiger partial charge in [-0.15, -0.1) is 0 Å². The molecule has 0 atom stereocenters. The Bertz CT molecular complexity index is 735. The quantitative estimate of drug-likeness (QED) is 0.826. The highest BCUT2D eigenvalue weighted by molar-refractivity contribution is 7.92. The van der Waals surface area contributed by atoms with Gasteiger partial charge >= 0.3 is 0 Å². The van der Waals surface area contributed by atoms with Crippen LogP contribution in [-0.4, -0.2) is 20.0 Å². The highest BCUT2D eigenvalue weighted by Gasteiger charge is 2.14. The van der Waals surface area contributed by atoms with Crippen molar-refractivity contribution in [1.82, 2.24) is 0 Å². The van der Waals surface area contributed by atoms with Crippen molar-refractivity contribution in [3.05, 3.63) is 52.9 Å². The maximum atomic E-state index is 12.1. The van der Waals surface area contributed by atoms with Crippen molar-refractivity contribution in [2.45, 2.75) is 13.3 Å². The van der Waals surface area contributed by atoms with Crippen molar-refractivity contribution in [2.24, 2.45) is 0 Å². The zero-order valence-corrected chi connectivity index (χ0v) is 12.9. The molecular formula is C14H14ClNO4S. The molecule has 2 rings (SSSR count). The molecule has 0 aliphatic rings. The number of furan rings is 1. The molecule has 5 nitrogen and oxygen atoms in total. The summed E-state index contributed by atoms with van der Waals surface area (Å²) in [5.74, 6) is -0.123. The first kappa shape index (κ1) is 15.6. The van der Waals surface area contributed by atoms with Crippen LogP contribution >= 0.6 is 11.6 Å². The summed E-state index contributed by atoms with van der Waals surface area (Å²) >= 11 is 5.62. The van der Waals surface area contributed by atoms with E-state index in [1.165, 1.54) is 36.4 Å². The third-order valence-electron chi connectivity index (χ3n) is 2.69. The number of carbonyl (C=O) groups excluding carboxylic acids is 1. The summed E-state index contributed by atoms with van der Waals surface area (Å²) in [5.41, 5.74) is 0.803. The fourth-order valence-corrected chi connectivity index (χ4v) is 3.05. The van der Waals surface area contributed by atoms with Gasteiger partial charge in [-0.25, -0.2) is 8.42 Å². The number of rotatable bonds is 6. The molecule has 1 aromatic carbocycles. The molecule has 0 aliphatic heterocycles. The van der Waals surface area contributed by atoms with Gasteiger partial charge in [0, 0.05) is 11.3 Å². The summed E-state index contributed by atoms with van der Waals surface area (Å²) in [5, 5.41) is 0.141. The lowest BCUT2D eigenvalue weighted by atomic mass is 10.1. The lowest BCUT2D eigenvalue weighted by Gasteiger charge is -2.07. The second-order valence-corrected chi connectivity index (χ2v) is 6.65. The van der Waals surface area contributed by atoms with Gasteiger partial charge in [0.05, 0.1) is 5.75 Å². The summed E-state index contributed by atoms with van der Waals surface area (Å²) < 4.78 is 30.8. The van der Waals surface area contributed by atoms with Crippen LogP contribution in [0.1, 0.15) is 29.5 Å². The molecule has 2 aromatic rings.